The Morgan fingerprint density at radius 3 is 2.56 bits per heavy atom. The van der Waals surface area contributed by atoms with Gasteiger partial charge in [0.25, 0.3) is 5.91 Å². The van der Waals surface area contributed by atoms with Gasteiger partial charge in [-0.1, -0.05) is 12.8 Å². The average molecular weight is 248 g/mol. The van der Waals surface area contributed by atoms with Gasteiger partial charge in [-0.05, 0) is 37.1 Å². The van der Waals surface area contributed by atoms with Gasteiger partial charge in [0.1, 0.15) is 6.61 Å². The molecule has 0 aliphatic heterocycles. The maximum atomic E-state index is 12.0. The van der Waals surface area contributed by atoms with Crippen molar-refractivity contribution in [3.05, 3.63) is 24.3 Å². The molecule has 0 bridgehead atoms. The molecule has 1 aromatic rings. The quantitative estimate of drug-likeness (QED) is 0.831. The number of amides is 1. The third-order valence-electron chi connectivity index (χ3n) is 3.40. The van der Waals surface area contributed by atoms with Gasteiger partial charge in [0.2, 0.25) is 0 Å². The van der Waals surface area contributed by atoms with Crippen molar-refractivity contribution in [3.8, 4) is 0 Å². The van der Waals surface area contributed by atoms with E-state index in [4.69, 9.17) is 10.5 Å². The lowest BCUT2D eigenvalue weighted by atomic mass is 10.2. The van der Waals surface area contributed by atoms with Crippen molar-refractivity contribution in [1.29, 1.82) is 0 Å². The second-order valence-corrected chi connectivity index (χ2v) is 4.76. The van der Waals surface area contributed by atoms with Gasteiger partial charge in [0.05, 0.1) is 6.10 Å². The smallest absolute Gasteiger partial charge is 0.252 e. The average Bonchev–Trinajstić information content (AvgIpc) is 2.89. The molecule has 1 aromatic carbocycles. The van der Waals surface area contributed by atoms with Crippen LogP contribution in [-0.4, -0.2) is 25.7 Å². The normalized spacial score (nSPS) is 15.8. The third kappa shape index (κ3) is 3.23. The summed E-state index contributed by atoms with van der Waals surface area (Å²) < 4.78 is 5.62. The van der Waals surface area contributed by atoms with Crippen LogP contribution in [0.4, 0.5) is 11.4 Å². The van der Waals surface area contributed by atoms with Crippen LogP contribution < -0.4 is 10.6 Å². The molecule has 0 saturated heterocycles. The van der Waals surface area contributed by atoms with Crippen molar-refractivity contribution in [2.24, 2.45) is 0 Å². The number of nitrogens with two attached hydrogens (primary N) is 1. The van der Waals surface area contributed by atoms with Crippen LogP contribution in [0.5, 0.6) is 0 Å². The lowest BCUT2D eigenvalue weighted by Gasteiger charge is -2.19. The number of nitrogens with zero attached hydrogens (tertiary/aromatic N) is 1. The summed E-state index contributed by atoms with van der Waals surface area (Å²) in [6.45, 7) is 0.158. The molecule has 4 heteroatoms. The summed E-state index contributed by atoms with van der Waals surface area (Å²) in [5, 5.41) is 0. The standard InChI is InChI=1S/C14H20N2O2/c1-16(12-8-6-11(15)7-9-12)14(17)10-18-13-4-2-3-5-13/h6-9,13H,2-5,10,15H2,1H3. The second kappa shape index (κ2) is 5.87. The highest BCUT2D eigenvalue weighted by Crippen LogP contribution is 2.21. The largest absolute Gasteiger partial charge is 0.399 e. The molecule has 2 rings (SSSR count). The van der Waals surface area contributed by atoms with E-state index in [0.717, 1.165) is 18.5 Å². The fourth-order valence-corrected chi connectivity index (χ4v) is 2.18. The first-order valence-corrected chi connectivity index (χ1v) is 6.40. The lowest BCUT2D eigenvalue weighted by Crippen LogP contribution is -2.31. The minimum Gasteiger partial charge on any atom is -0.399 e. The second-order valence-electron chi connectivity index (χ2n) is 4.76. The molecular formula is C14H20N2O2. The van der Waals surface area contributed by atoms with E-state index >= 15 is 0 Å². The van der Waals surface area contributed by atoms with Crippen LogP contribution in [0.15, 0.2) is 24.3 Å². The number of ether oxygens (including phenoxy) is 1. The molecule has 1 aliphatic carbocycles. The number of anilines is 2. The van der Waals surface area contributed by atoms with Crippen LogP contribution in [0.2, 0.25) is 0 Å². The number of hydrogen-bond acceptors (Lipinski definition) is 3. The van der Waals surface area contributed by atoms with Gasteiger partial charge in [-0.15, -0.1) is 0 Å². The van der Waals surface area contributed by atoms with Crippen LogP contribution in [-0.2, 0) is 9.53 Å². The number of nitrogen functional groups attached to an aromatic ring is 1. The van der Waals surface area contributed by atoms with Gasteiger partial charge in [0, 0.05) is 18.4 Å². The monoisotopic (exact) mass is 248 g/mol. The zero-order chi connectivity index (χ0) is 13.0. The topological polar surface area (TPSA) is 55.6 Å². The van der Waals surface area contributed by atoms with Gasteiger partial charge in [0.15, 0.2) is 0 Å². The SMILES string of the molecule is CN(C(=O)COC1CCCC1)c1ccc(N)cc1. The Hall–Kier alpha value is -1.55. The molecule has 0 radical (unpaired) electrons. The fourth-order valence-electron chi connectivity index (χ4n) is 2.18. The van der Waals surface area contributed by atoms with Crippen molar-refractivity contribution in [1.82, 2.24) is 0 Å². The Morgan fingerprint density at radius 1 is 1.33 bits per heavy atom. The summed E-state index contributed by atoms with van der Waals surface area (Å²) >= 11 is 0. The maximum absolute atomic E-state index is 12.0. The van der Waals surface area contributed by atoms with E-state index in [1.165, 1.54) is 12.8 Å². The van der Waals surface area contributed by atoms with E-state index in [1.807, 2.05) is 12.1 Å². The molecule has 0 spiro atoms. The number of carbonyl (C=O) groups is 1. The van der Waals surface area contributed by atoms with Crippen LogP contribution in [0, 0.1) is 0 Å². The summed E-state index contributed by atoms with van der Waals surface area (Å²) in [5.74, 6) is -0.0216. The van der Waals surface area contributed by atoms with Crippen LogP contribution in [0.3, 0.4) is 0 Å². The highest BCUT2D eigenvalue weighted by molar-refractivity contribution is 5.93. The first-order valence-electron chi connectivity index (χ1n) is 6.40. The molecule has 2 N–H and O–H groups in total. The molecule has 0 unspecified atom stereocenters. The predicted octanol–water partition coefficient (Wildman–Crippen LogP) is 2.19. The Balaban J connectivity index is 1.85. The van der Waals surface area contributed by atoms with Gasteiger partial charge in [-0.3, -0.25) is 4.79 Å². The minimum absolute atomic E-state index is 0.0216. The van der Waals surface area contributed by atoms with E-state index in [1.54, 1.807) is 24.1 Å². The number of carbonyl (C=O) groups excluding carboxylic acids is 1. The number of hydrogen-bond donors (Lipinski definition) is 1. The Labute approximate surface area is 108 Å². The Morgan fingerprint density at radius 2 is 1.94 bits per heavy atom. The highest BCUT2D eigenvalue weighted by Gasteiger charge is 2.18. The molecule has 1 amide bonds. The summed E-state index contributed by atoms with van der Waals surface area (Å²) in [5.41, 5.74) is 7.15. The first kappa shape index (κ1) is 12.9. The van der Waals surface area contributed by atoms with E-state index in [2.05, 4.69) is 0 Å². The van der Waals surface area contributed by atoms with Crippen molar-refractivity contribution in [2.45, 2.75) is 31.8 Å². The van der Waals surface area contributed by atoms with Crippen molar-refractivity contribution in [3.63, 3.8) is 0 Å². The van der Waals surface area contributed by atoms with Crippen LogP contribution in [0.1, 0.15) is 25.7 Å². The van der Waals surface area contributed by atoms with E-state index < -0.39 is 0 Å². The fraction of sp³-hybridized carbons (Fsp3) is 0.500. The molecular weight excluding hydrogens is 228 g/mol. The summed E-state index contributed by atoms with van der Waals surface area (Å²) in [6, 6.07) is 7.25. The highest BCUT2D eigenvalue weighted by atomic mass is 16.5. The van der Waals surface area contributed by atoms with Crippen molar-refractivity contribution >= 4 is 17.3 Å². The van der Waals surface area contributed by atoms with E-state index in [-0.39, 0.29) is 18.6 Å². The van der Waals surface area contributed by atoms with Crippen molar-refractivity contribution < 1.29 is 9.53 Å². The maximum Gasteiger partial charge on any atom is 0.252 e. The Kier molecular flexibility index (Phi) is 4.20. The molecule has 4 nitrogen and oxygen atoms in total. The van der Waals surface area contributed by atoms with Crippen LogP contribution >= 0.6 is 0 Å². The number of likely N-dealkylation sites (N-methyl/N-ethyl adjacent to an activating group) is 1. The van der Waals surface area contributed by atoms with Gasteiger partial charge in [-0.2, -0.15) is 0 Å². The predicted molar refractivity (Wildman–Crippen MR) is 72.5 cm³/mol. The number of benzene rings is 1. The minimum atomic E-state index is -0.0216. The molecule has 18 heavy (non-hydrogen) atoms. The van der Waals surface area contributed by atoms with Gasteiger partial charge < -0.3 is 15.4 Å². The summed E-state index contributed by atoms with van der Waals surface area (Å²) in [4.78, 5) is 13.6. The van der Waals surface area contributed by atoms with Crippen LogP contribution in [0.25, 0.3) is 0 Å². The molecule has 1 saturated carbocycles. The number of rotatable bonds is 4. The van der Waals surface area contributed by atoms with Gasteiger partial charge in [-0.25, -0.2) is 0 Å². The van der Waals surface area contributed by atoms with E-state index in [0.29, 0.717) is 5.69 Å². The molecule has 1 aliphatic rings. The molecule has 98 valence electrons. The first-order chi connectivity index (χ1) is 8.66. The molecule has 0 atom stereocenters. The summed E-state index contributed by atoms with van der Waals surface area (Å²) in [6.07, 6.45) is 4.87. The third-order valence-corrected chi connectivity index (χ3v) is 3.40. The zero-order valence-corrected chi connectivity index (χ0v) is 10.8. The molecule has 0 aromatic heterocycles. The van der Waals surface area contributed by atoms with Crippen molar-refractivity contribution in [2.75, 3.05) is 24.3 Å². The lowest BCUT2D eigenvalue weighted by molar-refractivity contribution is -0.124. The summed E-state index contributed by atoms with van der Waals surface area (Å²) in [7, 11) is 1.76. The molecule has 1 fully saturated rings. The molecule has 0 heterocycles. The van der Waals surface area contributed by atoms with E-state index in [9.17, 15) is 4.79 Å². The van der Waals surface area contributed by atoms with Gasteiger partial charge >= 0.3 is 0 Å². The zero-order valence-electron chi connectivity index (χ0n) is 10.8. The Bertz CT molecular complexity index is 397.